The molecule has 0 aromatic heterocycles. The van der Waals surface area contributed by atoms with Crippen LogP contribution in [0, 0.1) is 0 Å². The Morgan fingerprint density at radius 1 is 1.35 bits per heavy atom. The zero-order chi connectivity index (χ0) is 15.6. The lowest BCUT2D eigenvalue weighted by Gasteiger charge is -2.25. The topological polar surface area (TPSA) is 83.1 Å². The number of amides is 1. The summed E-state index contributed by atoms with van der Waals surface area (Å²) in [6, 6.07) is -0.975. The quantitative estimate of drug-likeness (QED) is 0.786. The molecule has 0 aromatic rings. The highest BCUT2D eigenvalue weighted by molar-refractivity contribution is 5.82. The third-order valence-electron chi connectivity index (χ3n) is 2.53. The summed E-state index contributed by atoms with van der Waals surface area (Å²) in [6.45, 7) is 8.85. The molecular formula is C13H23NO6. The SMILES string of the molecule is COC(=O)[C@H](NC(=O)OC(C)(C)C)[C@H]1COC(C)(C)O1. The Balaban J connectivity index is 2.71. The summed E-state index contributed by atoms with van der Waals surface area (Å²) >= 11 is 0. The van der Waals surface area contributed by atoms with Crippen molar-refractivity contribution in [3.63, 3.8) is 0 Å². The molecule has 1 aliphatic rings. The van der Waals surface area contributed by atoms with E-state index < -0.39 is 35.6 Å². The molecule has 1 fully saturated rings. The molecule has 0 spiro atoms. The van der Waals surface area contributed by atoms with Crippen LogP contribution in [-0.4, -0.2) is 49.3 Å². The van der Waals surface area contributed by atoms with E-state index in [-0.39, 0.29) is 6.61 Å². The fraction of sp³-hybridized carbons (Fsp3) is 0.846. The van der Waals surface area contributed by atoms with Gasteiger partial charge in [0.1, 0.15) is 11.7 Å². The maximum atomic E-state index is 11.8. The van der Waals surface area contributed by atoms with E-state index in [0.29, 0.717) is 0 Å². The first-order valence-corrected chi connectivity index (χ1v) is 6.43. The van der Waals surface area contributed by atoms with E-state index in [0.717, 1.165) is 0 Å². The molecule has 0 aromatic carbocycles. The van der Waals surface area contributed by atoms with Gasteiger partial charge in [-0.3, -0.25) is 0 Å². The van der Waals surface area contributed by atoms with Crippen LogP contribution in [0.5, 0.6) is 0 Å². The van der Waals surface area contributed by atoms with Crippen molar-refractivity contribution in [2.24, 2.45) is 0 Å². The lowest BCUT2D eigenvalue weighted by atomic mass is 10.1. The fourth-order valence-electron chi connectivity index (χ4n) is 1.74. The summed E-state index contributed by atoms with van der Waals surface area (Å²) in [5.74, 6) is -1.41. The molecular weight excluding hydrogens is 266 g/mol. The highest BCUT2D eigenvalue weighted by atomic mass is 16.7. The van der Waals surface area contributed by atoms with E-state index in [4.69, 9.17) is 14.2 Å². The van der Waals surface area contributed by atoms with Gasteiger partial charge in [0.05, 0.1) is 13.7 Å². The predicted molar refractivity (Wildman–Crippen MR) is 70.1 cm³/mol. The van der Waals surface area contributed by atoms with Gasteiger partial charge in [0.25, 0.3) is 0 Å². The Morgan fingerprint density at radius 2 is 1.95 bits per heavy atom. The molecule has 1 rings (SSSR count). The first kappa shape index (κ1) is 16.7. The van der Waals surface area contributed by atoms with Crippen LogP contribution >= 0.6 is 0 Å². The average Bonchev–Trinajstić information content (AvgIpc) is 2.63. The lowest BCUT2D eigenvalue weighted by Crippen LogP contribution is -2.51. The number of hydrogen-bond donors (Lipinski definition) is 1. The normalized spacial score (nSPS) is 23.0. The fourth-order valence-corrected chi connectivity index (χ4v) is 1.74. The van der Waals surface area contributed by atoms with Crippen molar-refractivity contribution in [2.75, 3.05) is 13.7 Å². The number of ether oxygens (including phenoxy) is 4. The lowest BCUT2D eigenvalue weighted by molar-refractivity contribution is -0.156. The van der Waals surface area contributed by atoms with E-state index in [1.807, 2.05) is 0 Å². The average molecular weight is 289 g/mol. The van der Waals surface area contributed by atoms with Crippen LogP contribution in [0.25, 0.3) is 0 Å². The summed E-state index contributed by atoms with van der Waals surface area (Å²) < 4.78 is 20.8. The number of nitrogens with one attached hydrogen (secondary N) is 1. The second-order valence-corrected chi connectivity index (χ2v) is 6.01. The Kier molecular flexibility index (Phi) is 4.99. The van der Waals surface area contributed by atoms with Gasteiger partial charge in [0, 0.05) is 0 Å². The van der Waals surface area contributed by atoms with E-state index >= 15 is 0 Å². The zero-order valence-corrected chi connectivity index (χ0v) is 12.8. The Labute approximate surface area is 118 Å². The van der Waals surface area contributed by atoms with Gasteiger partial charge in [0.15, 0.2) is 11.8 Å². The van der Waals surface area contributed by atoms with Gasteiger partial charge in [-0.25, -0.2) is 9.59 Å². The van der Waals surface area contributed by atoms with E-state index in [1.165, 1.54) is 7.11 Å². The third-order valence-corrected chi connectivity index (χ3v) is 2.53. The molecule has 7 heteroatoms. The van der Waals surface area contributed by atoms with Gasteiger partial charge in [-0.15, -0.1) is 0 Å². The molecule has 116 valence electrons. The van der Waals surface area contributed by atoms with Crippen LogP contribution in [0.2, 0.25) is 0 Å². The smallest absolute Gasteiger partial charge is 0.408 e. The van der Waals surface area contributed by atoms with Crippen molar-refractivity contribution < 1.29 is 28.5 Å². The summed E-state index contributed by atoms with van der Waals surface area (Å²) in [7, 11) is 1.24. The third kappa shape index (κ3) is 4.97. The molecule has 1 N–H and O–H groups in total. The zero-order valence-electron chi connectivity index (χ0n) is 12.8. The van der Waals surface area contributed by atoms with Crippen LogP contribution in [-0.2, 0) is 23.7 Å². The van der Waals surface area contributed by atoms with Gasteiger partial charge in [-0.05, 0) is 34.6 Å². The van der Waals surface area contributed by atoms with Crippen LogP contribution in [0.1, 0.15) is 34.6 Å². The van der Waals surface area contributed by atoms with Crippen LogP contribution in [0.4, 0.5) is 4.79 Å². The van der Waals surface area contributed by atoms with Crippen molar-refractivity contribution in [1.29, 1.82) is 0 Å². The molecule has 0 radical (unpaired) electrons. The number of esters is 1. The van der Waals surface area contributed by atoms with E-state index in [1.54, 1.807) is 34.6 Å². The molecule has 0 unspecified atom stereocenters. The second kappa shape index (κ2) is 5.97. The van der Waals surface area contributed by atoms with Gasteiger partial charge < -0.3 is 24.3 Å². The molecule has 0 bridgehead atoms. The van der Waals surface area contributed by atoms with Gasteiger partial charge in [-0.1, -0.05) is 0 Å². The Morgan fingerprint density at radius 3 is 2.35 bits per heavy atom. The molecule has 7 nitrogen and oxygen atoms in total. The van der Waals surface area contributed by atoms with Gasteiger partial charge in [-0.2, -0.15) is 0 Å². The van der Waals surface area contributed by atoms with Crippen molar-refractivity contribution in [3.8, 4) is 0 Å². The first-order chi connectivity index (χ1) is 9.04. The maximum Gasteiger partial charge on any atom is 0.408 e. The minimum atomic E-state index is -0.975. The van der Waals surface area contributed by atoms with Gasteiger partial charge >= 0.3 is 12.1 Å². The Hall–Kier alpha value is -1.34. The Bertz CT molecular complexity index is 374. The summed E-state index contributed by atoms with van der Waals surface area (Å²) in [4.78, 5) is 23.6. The highest BCUT2D eigenvalue weighted by Crippen LogP contribution is 2.24. The molecule has 1 aliphatic heterocycles. The maximum absolute atomic E-state index is 11.8. The van der Waals surface area contributed by atoms with Gasteiger partial charge in [0.2, 0.25) is 0 Å². The summed E-state index contributed by atoms with van der Waals surface area (Å²) in [5, 5.41) is 2.46. The molecule has 0 saturated carbocycles. The molecule has 1 heterocycles. The molecule has 1 amide bonds. The van der Waals surface area contributed by atoms with E-state index in [9.17, 15) is 9.59 Å². The molecule has 1 saturated heterocycles. The monoisotopic (exact) mass is 289 g/mol. The first-order valence-electron chi connectivity index (χ1n) is 6.43. The summed E-state index contributed by atoms with van der Waals surface area (Å²) in [6.07, 6.45) is -1.33. The predicted octanol–water partition coefficient (Wildman–Crippen LogP) is 1.20. The van der Waals surface area contributed by atoms with Crippen molar-refractivity contribution in [2.45, 2.75) is 58.2 Å². The summed E-state index contributed by atoms with van der Waals surface area (Å²) in [5.41, 5.74) is -0.656. The second-order valence-electron chi connectivity index (χ2n) is 6.01. The number of methoxy groups -OCH3 is 1. The minimum Gasteiger partial charge on any atom is -0.467 e. The number of hydrogen-bond acceptors (Lipinski definition) is 6. The van der Waals surface area contributed by atoms with Crippen LogP contribution < -0.4 is 5.32 Å². The number of rotatable bonds is 3. The van der Waals surface area contributed by atoms with Crippen LogP contribution in [0.15, 0.2) is 0 Å². The minimum absolute atomic E-state index is 0.183. The number of carbonyl (C=O) groups excluding carboxylic acids is 2. The number of alkyl carbamates (subject to hydrolysis) is 1. The number of carbonyl (C=O) groups is 2. The highest BCUT2D eigenvalue weighted by Gasteiger charge is 2.42. The standard InChI is InChI=1S/C13H23NO6/c1-12(2,3)20-11(16)14-9(10(15)17-6)8-7-18-13(4,5)19-8/h8-9H,7H2,1-6H3,(H,14,16)/t8-,9-/m1/s1. The molecule has 20 heavy (non-hydrogen) atoms. The molecule has 2 atom stereocenters. The van der Waals surface area contributed by atoms with E-state index in [2.05, 4.69) is 10.1 Å². The van der Waals surface area contributed by atoms with Crippen molar-refractivity contribution >= 4 is 12.1 Å². The van der Waals surface area contributed by atoms with Crippen LogP contribution in [0.3, 0.4) is 0 Å². The largest absolute Gasteiger partial charge is 0.467 e. The van der Waals surface area contributed by atoms with Crippen molar-refractivity contribution in [3.05, 3.63) is 0 Å². The molecule has 0 aliphatic carbocycles. The van der Waals surface area contributed by atoms with Crippen molar-refractivity contribution in [1.82, 2.24) is 5.32 Å².